The highest BCUT2D eigenvalue weighted by Crippen LogP contribution is 2.28. The Morgan fingerprint density at radius 1 is 0.947 bits per heavy atom. The third kappa shape index (κ3) is 11.9. The molecule has 310 valence electrons. The van der Waals surface area contributed by atoms with E-state index in [4.69, 9.17) is 18.9 Å². The minimum atomic E-state index is -4.21. The Morgan fingerprint density at radius 2 is 1.65 bits per heavy atom. The first-order valence-corrected chi connectivity index (χ1v) is 20.4. The van der Waals surface area contributed by atoms with Gasteiger partial charge in [-0.15, -0.1) is 11.3 Å². The number of amides is 4. The average Bonchev–Trinajstić information content (AvgIpc) is 3.73. The Morgan fingerprint density at radius 3 is 2.33 bits per heavy atom. The lowest BCUT2D eigenvalue weighted by molar-refractivity contribution is -0.142. The first kappa shape index (κ1) is 43.0. The van der Waals surface area contributed by atoms with Gasteiger partial charge < -0.3 is 39.0 Å². The minimum Gasteiger partial charge on any atom is -0.444 e. The largest absolute Gasteiger partial charge is 0.444 e. The summed E-state index contributed by atoms with van der Waals surface area (Å²) in [6, 6.07) is 8.64. The predicted molar refractivity (Wildman–Crippen MR) is 208 cm³/mol. The van der Waals surface area contributed by atoms with Gasteiger partial charge in [0.2, 0.25) is 10.2 Å². The lowest BCUT2D eigenvalue weighted by atomic mass is 10.2. The number of benzene rings is 1. The van der Waals surface area contributed by atoms with E-state index in [1.165, 1.54) is 16.0 Å². The van der Waals surface area contributed by atoms with Crippen LogP contribution in [0.25, 0.3) is 21.3 Å². The third-order valence-electron chi connectivity index (χ3n) is 8.09. The number of para-hydroxylation sites is 1. The molecular weight excluding hydrogens is 785 g/mol. The van der Waals surface area contributed by atoms with Crippen molar-refractivity contribution in [1.29, 1.82) is 0 Å². The third-order valence-corrected chi connectivity index (χ3v) is 11.3. The molecule has 0 aliphatic carbocycles. The fraction of sp³-hybridized carbons (Fsp3) is 0.528. The molecule has 0 atom stereocenters. The van der Waals surface area contributed by atoms with Crippen molar-refractivity contribution in [1.82, 2.24) is 38.9 Å². The molecule has 5 rings (SSSR count). The number of nitrogens with one attached hydrogen (secondary N) is 2. The number of thiazole rings is 1. The van der Waals surface area contributed by atoms with Crippen molar-refractivity contribution in [3.63, 3.8) is 0 Å². The zero-order chi connectivity index (χ0) is 41.5. The van der Waals surface area contributed by atoms with Crippen molar-refractivity contribution in [2.45, 2.75) is 70.2 Å². The number of H-pyrrole nitrogens is 1. The van der Waals surface area contributed by atoms with Crippen LogP contribution in [-0.2, 0) is 51.7 Å². The molecule has 3 aromatic heterocycles. The Kier molecular flexibility index (Phi) is 13.6. The molecule has 4 amide bonds. The van der Waals surface area contributed by atoms with Crippen LogP contribution in [0.4, 0.5) is 9.59 Å². The average molecular weight is 833 g/mol. The molecule has 0 radical (unpaired) electrons. The molecule has 1 saturated heterocycles. The maximum Gasteiger partial charge on any atom is 0.410 e. The molecule has 2 N–H and O–H groups in total. The number of nitrogens with zero attached hydrogens (tertiary/aromatic N) is 6. The summed E-state index contributed by atoms with van der Waals surface area (Å²) in [4.78, 5) is 77.6. The van der Waals surface area contributed by atoms with E-state index >= 15 is 0 Å². The Labute approximate surface area is 333 Å². The lowest BCUT2D eigenvalue weighted by Crippen LogP contribution is -2.54. The maximum absolute atomic E-state index is 13.2. The molecule has 0 bridgehead atoms. The van der Waals surface area contributed by atoms with Crippen molar-refractivity contribution in [2.75, 3.05) is 59.1 Å². The zero-order valence-corrected chi connectivity index (χ0v) is 34.4. The maximum atomic E-state index is 13.2. The van der Waals surface area contributed by atoms with Gasteiger partial charge in [0.05, 0.1) is 43.2 Å². The number of hydrogen-bond acceptors (Lipinski definition) is 14. The van der Waals surface area contributed by atoms with Crippen LogP contribution < -0.4 is 11.0 Å². The van der Waals surface area contributed by atoms with Gasteiger partial charge in [0.1, 0.15) is 29.9 Å². The summed E-state index contributed by atoms with van der Waals surface area (Å²) in [5.74, 6) is -1.34. The number of ether oxygens (including phenoxy) is 4. The summed E-state index contributed by atoms with van der Waals surface area (Å²) in [5.41, 5.74) is -0.671. The molecule has 0 spiro atoms. The van der Waals surface area contributed by atoms with E-state index in [1.807, 2.05) is 0 Å². The van der Waals surface area contributed by atoms with E-state index < -0.39 is 64.0 Å². The van der Waals surface area contributed by atoms with Crippen LogP contribution in [0, 0.1) is 0 Å². The number of sulfonamides is 1. The van der Waals surface area contributed by atoms with Gasteiger partial charge in [-0.2, -0.15) is 13.4 Å². The van der Waals surface area contributed by atoms with Crippen molar-refractivity contribution >= 4 is 66.6 Å². The number of piperazine rings is 1. The van der Waals surface area contributed by atoms with Crippen LogP contribution in [0.2, 0.25) is 0 Å². The number of rotatable bonds is 15. The monoisotopic (exact) mass is 832 g/mol. The fourth-order valence-electron chi connectivity index (χ4n) is 5.50. The number of alkyl carbamates (subject to hydrolysis) is 1. The Bertz CT molecular complexity index is 2220. The zero-order valence-electron chi connectivity index (χ0n) is 32.7. The van der Waals surface area contributed by atoms with Crippen LogP contribution in [0.15, 0.2) is 45.7 Å². The first-order valence-electron chi connectivity index (χ1n) is 18.2. The molecule has 1 aliphatic heterocycles. The summed E-state index contributed by atoms with van der Waals surface area (Å²) < 4.78 is 51.0. The number of fused-ring (bicyclic) bond motifs is 2. The van der Waals surface area contributed by atoms with Gasteiger partial charge in [0, 0.05) is 43.5 Å². The van der Waals surface area contributed by atoms with E-state index in [1.54, 1.807) is 71.9 Å². The Balaban J connectivity index is 1.10. The van der Waals surface area contributed by atoms with Gasteiger partial charge in [0.25, 0.3) is 15.9 Å². The lowest BCUT2D eigenvalue weighted by Gasteiger charge is -2.33. The molecular formula is C36H48N8O11S2. The van der Waals surface area contributed by atoms with Crippen LogP contribution in [0.1, 0.15) is 47.2 Å². The van der Waals surface area contributed by atoms with Crippen LogP contribution in [0.5, 0.6) is 0 Å². The van der Waals surface area contributed by atoms with E-state index in [9.17, 15) is 32.4 Å². The second-order valence-electron chi connectivity index (χ2n) is 15.0. The second-order valence-corrected chi connectivity index (χ2v) is 18.1. The number of carbonyl (C=O) groups is 4. The summed E-state index contributed by atoms with van der Waals surface area (Å²) in [7, 11) is -4.21. The Hall–Kier alpha value is -5.12. The normalized spacial score (nSPS) is 14.0. The van der Waals surface area contributed by atoms with E-state index in [-0.39, 0.29) is 69.1 Å². The molecule has 4 heterocycles. The van der Waals surface area contributed by atoms with Gasteiger partial charge in [-0.05, 0) is 59.7 Å². The molecule has 1 aromatic carbocycles. The smallest absolute Gasteiger partial charge is 0.410 e. The van der Waals surface area contributed by atoms with Crippen LogP contribution >= 0.6 is 11.3 Å². The van der Waals surface area contributed by atoms with Crippen molar-refractivity contribution < 1.29 is 46.5 Å². The minimum absolute atomic E-state index is 0.0591. The predicted octanol–water partition coefficient (Wildman–Crippen LogP) is 2.69. The molecule has 21 heteroatoms. The number of hydrogen-bond donors (Lipinski definition) is 2. The SMILES string of the molecule is CC(C)(C)OC(=O)NCCOCCN(CCOCc1cc2cn(CC(=O)N3CCN(S(=O)(=O)c4nc5ccccc5s4)C(=O)C3)c(=O)nc2[nH]1)C(=O)OC(C)(C)C. The molecule has 57 heavy (non-hydrogen) atoms. The van der Waals surface area contributed by atoms with Gasteiger partial charge in [0.15, 0.2) is 0 Å². The summed E-state index contributed by atoms with van der Waals surface area (Å²) in [6.45, 7) is 10.6. The van der Waals surface area contributed by atoms with Crippen LogP contribution in [-0.4, -0.2) is 136 Å². The summed E-state index contributed by atoms with van der Waals surface area (Å²) in [6.07, 6.45) is 0.372. The summed E-state index contributed by atoms with van der Waals surface area (Å²) in [5, 5.41) is 3.13. The van der Waals surface area contributed by atoms with Gasteiger partial charge in [-0.1, -0.05) is 12.1 Å². The summed E-state index contributed by atoms with van der Waals surface area (Å²) >= 11 is 0.964. The quantitative estimate of drug-likeness (QED) is 0.165. The number of aromatic amines is 1. The van der Waals surface area contributed by atoms with Crippen LogP contribution in [0.3, 0.4) is 0 Å². The van der Waals surface area contributed by atoms with Gasteiger partial charge >= 0.3 is 17.9 Å². The molecule has 1 aliphatic rings. The molecule has 19 nitrogen and oxygen atoms in total. The van der Waals surface area contributed by atoms with Crippen molar-refractivity contribution in [3.8, 4) is 0 Å². The molecule has 1 fully saturated rings. The first-order chi connectivity index (χ1) is 26.8. The second kappa shape index (κ2) is 18.0. The van der Waals surface area contributed by atoms with E-state index in [0.29, 0.717) is 21.3 Å². The fourth-order valence-corrected chi connectivity index (χ4v) is 8.21. The van der Waals surface area contributed by atoms with Gasteiger partial charge in [-0.3, -0.25) is 14.2 Å². The molecule has 0 saturated carbocycles. The highest BCUT2D eigenvalue weighted by atomic mass is 32.2. The number of carbonyl (C=O) groups excluding carboxylic acids is 4. The number of aromatic nitrogens is 4. The van der Waals surface area contributed by atoms with Crippen molar-refractivity contribution in [3.05, 3.63) is 52.7 Å². The van der Waals surface area contributed by atoms with Gasteiger partial charge in [-0.25, -0.2) is 23.7 Å². The standard InChI is InChI=1S/C36H48N8O11S2/c1-35(2,3)54-32(48)37-11-16-52-17-14-41(34(49)55-36(4,5)6)15-18-53-23-25-19-24-20-43(31(47)40-30(24)38-25)21-28(45)42-12-13-44(29(46)22-42)57(50,51)33-39-26-9-7-8-10-27(26)56-33/h7-10,19-20H,11-18,21-23H2,1-6H3,(H,37,48)(H,38,40,47). The molecule has 0 unspecified atom stereocenters. The topological polar surface area (TPSA) is 225 Å². The highest BCUT2D eigenvalue weighted by Gasteiger charge is 2.37. The van der Waals surface area contributed by atoms with E-state index in [2.05, 4.69) is 20.3 Å². The van der Waals surface area contributed by atoms with E-state index in [0.717, 1.165) is 20.2 Å². The van der Waals surface area contributed by atoms with Crippen molar-refractivity contribution in [2.24, 2.45) is 0 Å². The molecule has 4 aromatic rings. The highest BCUT2D eigenvalue weighted by molar-refractivity contribution is 7.91.